The van der Waals surface area contributed by atoms with E-state index in [-0.39, 0.29) is 11.9 Å². The number of nitrogens with one attached hydrogen (secondary N) is 1. The van der Waals surface area contributed by atoms with Gasteiger partial charge in [-0.05, 0) is 67.0 Å². The molecule has 1 atom stereocenters. The van der Waals surface area contributed by atoms with Crippen LogP contribution in [0.15, 0.2) is 42.5 Å². The molecular weight excluding hydrogens is 298 g/mol. The summed E-state index contributed by atoms with van der Waals surface area (Å²) in [6, 6.07) is 14.3. The summed E-state index contributed by atoms with van der Waals surface area (Å²) >= 11 is 0. The Morgan fingerprint density at radius 3 is 2.50 bits per heavy atom. The Bertz CT molecular complexity index is 706. The van der Waals surface area contributed by atoms with Crippen LogP contribution in [0, 0.1) is 0 Å². The van der Waals surface area contributed by atoms with E-state index in [1.165, 1.54) is 36.0 Å². The molecule has 0 heterocycles. The lowest BCUT2D eigenvalue weighted by Gasteiger charge is -2.20. The standard InChI is InChI=1S/C21H25NO2/c1-15(18-10-9-17-5-3-4-6-19(17)14-18)22-21(23)13-16-7-11-20(24-2)12-8-16/h7-12,14-15H,3-6,13H2,1-2H3,(H,22,23). The van der Waals surface area contributed by atoms with Gasteiger partial charge in [0.25, 0.3) is 0 Å². The molecule has 24 heavy (non-hydrogen) atoms. The summed E-state index contributed by atoms with van der Waals surface area (Å²) in [6.07, 6.45) is 5.30. The number of ether oxygens (including phenoxy) is 1. The number of rotatable bonds is 5. The lowest BCUT2D eigenvalue weighted by molar-refractivity contribution is -0.121. The van der Waals surface area contributed by atoms with Gasteiger partial charge in [-0.25, -0.2) is 0 Å². The zero-order valence-corrected chi connectivity index (χ0v) is 14.5. The van der Waals surface area contributed by atoms with Gasteiger partial charge in [0.15, 0.2) is 0 Å². The van der Waals surface area contributed by atoms with Gasteiger partial charge in [-0.1, -0.05) is 30.3 Å². The van der Waals surface area contributed by atoms with Crippen LogP contribution in [-0.2, 0) is 24.1 Å². The number of hydrogen-bond donors (Lipinski definition) is 1. The highest BCUT2D eigenvalue weighted by Crippen LogP contribution is 2.24. The molecule has 1 aliphatic rings. The van der Waals surface area contributed by atoms with E-state index in [9.17, 15) is 4.79 Å². The van der Waals surface area contributed by atoms with Gasteiger partial charge >= 0.3 is 0 Å². The fraction of sp³-hybridized carbons (Fsp3) is 0.381. The van der Waals surface area contributed by atoms with Crippen LogP contribution in [0.4, 0.5) is 0 Å². The molecule has 0 aliphatic heterocycles. The van der Waals surface area contributed by atoms with Crippen molar-refractivity contribution in [1.82, 2.24) is 5.32 Å². The van der Waals surface area contributed by atoms with Gasteiger partial charge in [-0.3, -0.25) is 4.79 Å². The predicted molar refractivity (Wildman–Crippen MR) is 96.3 cm³/mol. The van der Waals surface area contributed by atoms with Crippen molar-refractivity contribution in [2.75, 3.05) is 7.11 Å². The molecule has 0 spiro atoms. The summed E-state index contributed by atoms with van der Waals surface area (Å²) in [4.78, 5) is 12.3. The Kier molecular flexibility index (Phi) is 5.19. The van der Waals surface area contributed by atoms with Crippen LogP contribution in [0.1, 0.15) is 48.1 Å². The van der Waals surface area contributed by atoms with Gasteiger partial charge in [-0.15, -0.1) is 0 Å². The number of aryl methyl sites for hydroxylation is 2. The van der Waals surface area contributed by atoms with Crippen LogP contribution in [0.3, 0.4) is 0 Å². The van der Waals surface area contributed by atoms with Gasteiger partial charge in [0, 0.05) is 0 Å². The van der Waals surface area contributed by atoms with Crippen LogP contribution >= 0.6 is 0 Å². The van der Waals surface area contributed by atoms with E-state index in [1.54, 1.807) is 7.11 Å². The SMILES string of the molecule is COc1ccc(CC(=O)NC(C)c2ccc3c(c2)CCCC3)cc1. The molecule has 0 fully saturated rings. The number of carbonyl (C=O) groups excluding carboxylic acids is 1. The summed E-state index contributed by atoms with van der Waals surface area (Å²) in [6.45, 7) is 2.05. The molecule has 1 amide bonds. The maximum absolute atomic E-state index is 12.3. The molecular formula is C21H25NO2. The van der Waals surface area contributed by atoms with Crippen LogP contribution < -0.4 is 10.1 Å². The molecule has 2 aromatic carbocycles. The van der Waals surface area contributed by atoms with E-state index in [1.807, 2.05) is 24.3 Å². The minimum atomic E-state index is 0.0305. The second-order valence-electron chi connectivity index (χ2n) is 6.55. The highest BCUT2D eigenvalue weighted by Gasteiger charge is 2.14. The third-order valence-corrected chi connectivity index (χ3v) is 4.77. The smallest absolute Gasteiger partial charge is 0.224 e. The lowest BCUT2D eigenvalue weighted by Crippen LogP contribution is -2.28. The van der Waals surface area contributed by atoms with Gasteiger partial charge in [0.1, 0.15) is 5.75 Å². The molecule has 0 radical (unpaired) electrons. The van der Waals surface area contributed by atoms with Crippen LogP contribution in [0.25, 0.3) is 0 Å². The molecule has 0 aromatic heterocycles. The summed E-state index contributed by atoms with van der Waals surface area (Å²) in [7, 11) is 1.64. The third-order valence-electron chi connectivity index (χ3n) is 4.77. The van der Waals surface area contributed by atoms with E-state index in [4.69, 9.17) is 4.74 Å². The molecule has 3 nitrogen and oxygen atoms in total. The first-order valence-electron chi connectivity index (χ1n) is 8.69. The molecule has 3 rings (SSSR count). The maximum Gasteiger partial charge on any atom is 0.224 e. The Balaban J connectivity index is 1.61. The summed E-state index contributed by atoms with van der Waals surface area (Å²) in [5.74, 6) is 0.854. The highest BCUT2D eigenvalue weighted by molar-refractivity contribution is 5.79. The zero-order valence-electron chi connectivity index (χ0n) is 14.5. The molecule has 2 aromatic rings. The highest BCUT2D eigenvalue weighted by atomic mass is 16.5. The zero-order chi connectivity index (χ0) is 16.9. The number of hydrogen-bond acceptors (Lipinski definition) is 2. The van der Waals surface area contributed by atoms with Gasteiger partial charge in [-0.2, -0.15) is 0 Å². The van der Waals surface area contributed by atoms with E-state index >= 15 is 0 Å². The van der Waals surface area contributed by atoms with Crippen LogP contribution in [0.2, 0.25) is 0 Å². The monoisotopic (exact) mass is 323 g/mol. The van der Waals surface area contributed by atoms with Gasteiger partial charge in [0.05, 0.1) is 19.6 Å². The second-order valence-corrected chi connectivity index (χ2v) is 6.55. The van der Waals surface area contributed by atoms with Crippen molar-refractivity contribution >= 4 is 5.91 Å². The first-order valence-corrected chi connectivity index (χ1v) is 8.69. The number of methoxy groups -OCH3 is 1. The predicted octanol–water partition coefficient (Wildman–Crippen LogP) is 3.99. The maximum atomic E-state index is 12.3. The first kappa shape index (κ1) is 16.6. The van der Waals surface area contributed by atoms with Crippen molar-refractivity contribution < 1.29 is 9.53 Å². The van der Waals surface area contributed by atoms with E-state index < -0.39 is 0 Å². The average Bonchev–Trinajstić information content (AvgIpc) is 2.61. The van der Waals surface area contributed by atoms with Crippen LogP contribution in [-0.4, -0.2) is 13.0 Å². The van der Waals surface area contributed by atoms with Crippen molar-refractivity contribution in [3.8, 4) is 5.75 Å². The normalized spacial score (nSPS) is 14.6. The third kappa shape index (κ3) is 3.97. The molecule has 1 N–H and O–H groups in total. The first-order chi connectivity index (χ1) is 11.7. The topological polar surface area (TPSA) is 38.3 Å². The minimum Gasteiger partial charge on any atom is -0.497 e. The Morgan fingerprint density at radius 2 is 1.79 bits per heavy atom. The molecule has 0 saturated heterocycles. The minimum absolute atomic E-state index is 0.0305. The fourth-order valence-corrected chi connectivity index (χ4v) is 3.33. The van der Waals surface area contributed by atoms with Crippen molar-refractivity contribution in [3.05, 3.63) is 64.7 Å². The summed E-state index contributed by atoms with van der Waals surface area (Å²) in [5, 5.41) is 3.11. The van der Waals surface area contributed by atoms with E-state index in [2.05, 4.69) is 30.4 Å². The lowest BCUT2D eigenvalue weighted by atomic mass is 9.89. The molecule has 1 unspecified atom stereocenters. The number of benzene rings is 2. The van der Waals surface area contributed by atoms with Crippen molar-refractivity contribution in [1.29, 1.82) is 0 Å². The summed E-state index contributed by atoms with van der Waals surface area (Å²) in [5.41, 5.74) is 5.11. The molecule has 126 valence electrons. The number of amides is 1. The van der Waals surface area contributed by atoms with Gasteiger partial charge < -0.3 is 10.1 Å². The molecule has 0 bridgehead atoms. The summed E-state index contributed by atoms with van der Waals surface area (Å²) < 4.78 is 5.14. The van der Waals surface area contributed by atoms with Crippen molar-refractivity contribution in [2.45, 2.75) is 45.1 Å². The van der Waals surface area contributed by atoms with E-state index in [0.29, 0.717) is 6.42 Å². The number of fused-ring (bicyclic) bond motifs is 1. The van der Waals surface area contributed by atoms with Gasteiger partial charge in [0.2, 0.25) is 5.91 Å². The second kappa shape index (κ2) is 7.52. The van der Waals surface area contributed by atoms with E-state index in [0.717, 1.165) is 17.7 Å². The molecule has 0 saturated carbocycles. The largest absolute Gasteiger partial charge is 0.497 e. The quantitative estimate of drug-likeness (QED) is 0.903. The number of carbonyl (C=O) groups is 1. The van der Waals surface area contributed by atoms with Crippen LogP contribution in [0.5, 0.6) is 5.75 Å². The fourth-order valence-electron chi connectivity index (χ4n) is 3.33. The molecule has 3 heteroatoms. The Hall–Kier alpha value is -2.29. The Labute approximate surface area is 144 Å². The average molecular weight is 323 g/mol. The Morgan fingerprint density at radius 1 is 1.08 bits per heavy atom. The molecule has 1 aliphatic carbocycles. The van der Waals surface area contributed by atoms with Crippen molar-refractivity contribution in [3.63, 3.8) is 0 Å². The van der Waals surface area contributed by atoms with Crippen molar-refractivity contribution in [2.24, 2.45) is 0 Å².